The zero-order valence-corrected chi connectivity index (χ0v) is 16.0. The minimum absolute atomic E-state index is 0.132. The van der Waals surface area contributed by atoms with Gasteiger partial charge in [-0.3, -0.25) is 4.79 Å². The van der Waals surface area contributed by atoms with Gasteiger partial charge in [-0.1, -0.05) is 48.2 Å². The van der Waals surface area contributed by atoms with Crippen LogP contribution in [0.4, 0.5) is 0 Å². The first-order chi connectivity index (χ1) is 11.8. The zero-order valence-electron chi connectivity index (χ0n) is 13.7. The highest BCUT2D eigenvalue weighted by Crippen LogP contribution is 2.27. The lowest BCUT2D eigenvalue weighted by Crippen LogP contribution is -2.43. The van der Waals surface area contributed by atoms with E-state index in [1.807, 2.05) is 12.1 Å². The second kappa shape index (κ2) is 10.9. The summed E-state index contributed by atoms with van der Waals surface area (Å²) in [5.41, 5.74) is -1.18. The highest BCUT2D eigenvalue weighted by molar-refractivity contribution is 7.99. The van der Waals surface area contributed by atoms with Crippen LogP contribution in [0.3, 0.4) is 0 Å². The van der Waals surface area contributed by atoms with Crippen LogP contribution in [0.15, 0.2) is 18.2 Å². The lowest BCUT2D eigenvalue weighted by Gasteiger charge is -2.20. The topological polar surface area (TPSA) is 94.8 Å². The van der Waals surface area contributed by atoms with E-state index < -0.39 is 24.0 Å². The van der Waals surface area contributed by atoms with Crippen molar-refractivity contribution in [2.75, 3.05) is 11.5 Å². The number of unbranched alkanes of at least 4 members (excludes halogenated alkanes) is 3. The molecule has 140 valence electrons. The average Bonchev–Trinajstić information content (AvgIpc) is 2.53. The molecule has 0 radical (unpaired) electrons. The van der Waals surface area contributed by atoms with Gasteiger partial charge < -0.3 is 15.3 Å². The summed E-state index contributed by atoms with van der Waals surface area (Å²) in [6.45, 7) is 0. The normalized spacial score (nSPS) is 13.4. The molecule has 1 atom stereocenters. The van der Waals surface area contributed by atoms with E-state index in [-0.39, 0.29) is 5.75 Å². The Labute approximate surface area is 161 Å². The Morgan fingerprint density at radius 1 is 1.08 bits per heavy atom. The predicted octanol–water partition coefficient (Wildman–Crippen LogP) is 4.12. The Hall–Kier alpha value is -0.950. The number of thioether (sulfide) groups is 1. The third-order valence-corrected chi connectivity index (χ3v) is 5.82. The third kappa shape index (κ3) is 7.86. The molecule has 8 heteroatoms. The molecule has 0 aromatic heterocycles. The molecule has 0 amide bonds. The summed E-state index contributed by atoms with van der Waals surface area (Å²) in [5, 5.41) is 28.6. The SMILES string of the molecule is O=C(O)C[C@@](O)(CSCCCCCCc1cccc(Cl)c1Cl)C(=O)O. The Kier molecular flexibility index (Phi) is 9.64. The molecule has 0 unspecified atom stereocenters. The molecule has 1 aromatic carbocycles. The van der Waals surface area contributed by atoms with Gasteiger partial charge in [0.15, 0.2) is 5.60 Å². The maximum absolute atomic E-state index is 11.0. The van der Waals surface area contributed by atoms with E-state index in [9.17, 15) is 14.7 Å². The number of rotatable bonds is 12. The van der Waals surface area contributed by atoms with Crippen LogP contribution in [0.5, 0.6) is 0 Å². The lowest BCUT2D eigenvalue weighted by atomic mass is 10.0. The predicted molar refractivity (Wildman–Crippen MR) is 101 cm³/mol. The van der Waals surface area contributed by atoms with E-state index in [1.165, 1.54) is 11.8 Å². The minimum atomic E-state index is -2.21. The monoisotopic (exact) mass is 408 g/mol. The van der Waals surface area contributed by atoms with Crippen LogP contribution >= 0.6 is 35.0 Å². The van der Waals surface area contributed by atoms with Gasteiger partial charge in [0.1, 0.15) is 0 Å². The molecule has 0 saturated heterocycles. The highest BCUT2D eigenvalue weighted by atomic mass is 35.5. The first-order valence-electron chi connectivity index (χ1n) is 7.94. The molecule has 0 aliphatic rings. The van der Waals surface area contributed by atoms with Gasteiger partial charge in [0.05, 0.1) is 16.5 Å². The molecule has 1 rings (SSSR count). The minimum Gasteiger partial charge on any atom is -0.481 e. The number of benzene rings is 1. The van der Waals surface area contributed by atoms with Crippen LogP contribution < -0.4 is 0 Å². The summed E-state index contributed by atoms with van der Waals surface area (Å²) in [5.74, 6) is -2.29. The molecule has 25 heavy (non-hydrogen) atoms. The van der Waals surface area contributed by atoms with Crippen molar-refractivity contribution in [3.8, 4) is 0 Å². The first-order valence-corrected chi connectivity index (χ1v) is 9.85. The molecule has 0 heterocycles. The largest absolute Gasteiger partial charge is 0.481 e. The quantitative estimate of drug-likeness (QED) is 0.450. The smallest absolute Gasteiger partial charge is 0.337 e. The molecule has 0 saturated carbocycles. The molecule has 0 bridgehead atoms. The Balaban J connectivity index is 2.18. The van der Waals surface area contributed by atoms with Gasteiger partial charge in [0, 0.05) is 5.75 Å². The van der Waals surface area contributed by atoms with Crippen LogP contribution in [0.25, 0.3) is 0 Å². The number of halogens is 2. The fourth-order valence-corrected chi connectivity index (χ4v) is 3.82. The van der Waals surface area contributed by atoms with E-state index >= 15 is 0 Å². The molecule has 3 N–H and O–H groups in total. The Bertz CT molecular complexity index is 596. The van der Waals surface area contributed by atoms with Crippen LogP contribution in [-0.4, -0.2) is 44.4 Å². The van der Waals surface area contributed by atoms with Crippen molar-refractivity contribution < 1.29 is 24.9 Å². The number of aliphatic carboxylic acids is 2. The van der Waals surface area contributed by atoms with Crippen LogP contribution in [0.2, 0.25) is 10.0 Å². The highest BCUT2D eigenvalue weighted by Gasteiger charge is 2.38. The maximum atomic E-state index is 11.0. The molecule has 5 nitrogen and oxygen atoms in total. The van der Waals surface area contributed by atoms with Crippen LogP contribution in [-0.2, 0) is 16.0 Å². The second-order valence-electron chi connectivity index (χ2n) is 5.84. The van der Waals surface area contributed by atoms with Crippen molar-refractivity contribution in [3.05, 3.63) is 33.8 Å². The standard InChI is InChI=1S/C17H22Cl2O5S/c18-13-8-5-7-12(15(13)19)6-3-1-2-4-9-25-11-17(24,16(22)23)10-14(20)21/h5,7-8,24H,1-4,6,9-11H2,(H,20,21)(H,22,23)/t17-/m1/s1. The van der Waals surface area contributed by atoms with Gasteiger partial charge in [-0.05, 0) is 36.6 Å². The van der Waals surface area contributed by atoms with Crippen molar-refractivity contribution in [3.63, 3.8) is 0 Å². The summed E-state index contributed by atoms with van der Waals surface area (Å²) in [7, 11) is 0. The molecule has 0 spiro atoms. The van der Waals surface area contributed by atoms with Crippen molar-refractivity contribution in [1.82, 2.24) is 0 Å². The zero-order chi connectivity index (χ0) is 18.9. The van der Waals surface area contributed by atoms with E-state index in [1.54, 1.807) is 6.07 Å². The Morgan fingerprint density at radius 3 is 2.40 bits per heavy atom. The van der Waals surface area contributed by atoms with Crippen molar-refractivity contribution in [2.24, 2.45) is 0 Å². The van der Waals surface area contributed by atoms with Gasteiger partial charge in [-0.15, -0.1) is 0 Å². The van der Waals surface area contributed by atoms with E-state index in [2.05, 4.69) is 0 Å². The van der Waals surface area contributed by atoms with Gasteiger partial charge in [-0.2, -0.15) is 11.8 Å². The summed E-state index contributed by atoms with van der Waals surface area (Å²) >= 11 is 13.4. The molecule has 0 aliphatic heterocycles. The van der Waals surface area contributed by atoms with E-state index in [0.29, 0.717) is 15.8 Å². The number of hydrogen-bond donors (Lipinski definition) is 3. The lowest BCUT2D eigenvalue weighted by molar-refractivity contribution is -0.162. The summed E-state index contributed by atoms with van der Waals surface area (Å²) in [4.78, 5) is 21.6. The molecule has 0 fully saturated rings. The summed E-state index contributed by atoms with van der Waals surface area (Å²) in [6.07, 6.45) is 3.87. The Morgan fingerprint density at radius 2 is 1.76 bits per heavy atom. The number of aryl methyl sites for hydroxylation is 1. The van der Waals surface area contributed by atoms with Crippen molar-refractivity contribution in [2.45, 2.75) is 44.1 Å². The maximum Gasteiger partial charge on any atom is 0.337 e. The van der Waals surface area contributed by atoms with Gasteiger partial charge in [0.25, 0.3) is 0 Å². The summed E-state index contributed by atoms with van der Waals surface area (Å²) < 4.78 is 0. The number of carboxylic acid groups (broad SMARTS) is 2. The molecular weight excluding hydrogens is 387 g/mol. The second-order valence-corrected chi connectivity index (χ2v) is 7.73. The first kappa shape index (κ1) is 22.1. The third-order valence-electron chi connectivity index (χ3n) is 3.70. The average molecular weight is 409 g/mol. The number of carboxylic acids is 2. The van der Waals surface area contributed by atoms with Gasteiger partial charge in [-0.25, -0.2) is 4.79 Å². The van der Waals surface area contributed by atoms with Crippen LogP contribution in [0, 0.1) is 0 Å². The number of aliphatic hydroxyl groups is 1. The van der Waals surface area contributed by atoms with E-state index in [4.69, 9.17) is 33.4 Å². The fraction of sp³-hybridized carbons (Fsp3) is 0.529. The summed E-state index contributed by atoms with van der Waals surface area (Å²) in [6, 6.07) is 5.59. The molecule has 0 aliphatic carbocycles. The number of carbonyl (C=O) groups is 2. The van der Waals surface area contributed by atoms with Crippen LogP contribution in [0.1, 0.15) is 37.7 Å². The molecule has 1 aromatic rings. The van der Waals surface area contributed by atoms with Gasteiger partial charge in [0.2, 0.25) is 0 Å². The molecular formula is C17H22Cl2O5S. The van der Waals surface area contributed by atoms with Crippen molar-refractivity contribution in [1.29, 1.82) is 0 Å². The van der Waals surface area contributed by atoms with Gasteiger partial charge >= 0.3 is 11.9 Å². The number of hydrogen-bond acceptors (Lipinski definition) is 4. The fourth-order valence-electron chi connectivity index (χ4n) is 2.29. The van der Waals surface area contributed by atoms with E-state index in [0.717, 1.165) is 37.7 Å². The van der Waals surface area contributed by atoms with Crippen molar-refractivity contribution >= 4 is 46.9 Å².